The molecule has 1 aliphatic heterocycles. The van der Waals surface area contributed by atoms with E-state index in [0.717, 1.165) is 19.5 Å². The van der Waals surface area contributed by atoms with Crippen LogP contribution in [0.25, 0.3) is 0 Å². The number of aryl methyl sites for hydroxylation is 1. The Morgan fingerprint density at radius 3 is 3.20 bits per heavy atom. The average molecular weight is 210 g/mol. The summed E-state index contributed by atoms with van der Waals surface area (Å²) >= 11 is 0. The van der Waals surface area contributed by atoms with Crippen molar-refractivity contribution in [3.05, 3.63) is 11.7 Å². The van der Waals surface area contributed by atoms with Crippen LogP contribution in [0, 0.1) is 12.8 Å². The molecule has 1 aromatic heterocycles. The minimum absolute atomic E-state index is 0.110. The molecular formula is C9H14N4O2. The van der Waals surface area contributed by atoms with Gasteiger partial charge in [-0.15, -0.1) is 0 Å². The van der Waals surface area contributed by atoms with Crippen LogP contribution in [-0.2, 0) is 0 Å². The lowest BCUT2D eigenvalue weighted by Gasteiger charge is -2.07. The molecule has 1 aromatic rings. The van der Waals surface area contributed by atoms with Gasteiger partial charge in [-0.3, -0.25) is 4.79 Å². The van der Waals surface area contributed by atoms with Crippen LogP contribution in [0.5, 0.6) is 0 Å². The number of amides is 1. The van der Waals surface area contributed by atoms with Crippen LogP contribution in [0.15, 0.2) is 4.52 Å². The zero-order chi connectivity index (χ0) is 10.7. The molecule has 0 spiro atoms. The van der Waals surface area contributed by atoms with Gasteiger partial charge in [0.05, 0.1) is 0 Å². The summed E-state index contributed by atoms with van der Waals surface area (Å²) in [5, 5.41) is 9.58. The highest BCUT2D eigenvalue weighted by Gasteiger charge is 2.17. The largest absolute Gasteiger partial charge is 0.349 e. The van der Waals surface area contributed by atoms with Crippen molar-refractivity contribution in [2.75, 3.05) is 19.6 Å². The molecule has 0 saturated carbocycles. The Balaban J connectivity index is 1.81. The molecule has 82 valence electrons. The summed E-state index contributed by atoms with van der Waals surface area (Å²) in [6, 6.07) is 0. The summed E-state index contributed by atoms with van der Waals surface area (Å²) in [5.41, 5.74) is 0. The Morgan fingerprint density at radius 1 is 1.73 bits per heavy atom. The van der Waals surface area contributed by atoms with Gasteiger partial charge in [0.15, 0.2) is 0 Å². The molecule has 0 aliphatic carbocycles. The van der Waals surface area contributed by atoms with Crippen molar-refractivity contribution in [1.82, 2.24) is 20.8 Å². The van der Waals surface area contributed by atoms with Gasteiger partial charge in [-0.1, -0.05) is 5.16 Å². The number of aromatic nitrogens is 2. The summed E-state index contributed by atoms with van der Waals surface area (Å²) < 4.78 is 4.72. The van der Waals surface area contributed by atoms with E-state index in [9.17, 15) is 4.79 Å². The van der Waals surface area contributed by atoms with Crippen molar-refractivity contribution in [2.45, 2.75) is 13.3 Å². The van der Waals surface area contributed by atoms with Gasteiger partial charge >= 0.3 is 0 Å². The SMILES string of the molecule is Cc1nc(C(=O)NCC2CCNC2)no1. The van der Waals surface area contributed by atoms with Gasteiger partial charge in [-0.2, -0.15) is 4.98 Å². The van der Waals surface area contributed by atoms with Crippen molar-refractivity contribution in [2.24, 2.45) is 5.92 Å². The van der Waals surface area contributed by atoms with E-state index in [4.69, 9.17) is 4.52 Å². The monoisotopic (exact) mass is 210 g/mol. The van der Waals surface area contributed by atoms with E-state index in [1.165, 1.54) is 0 Å². The van der Waals surface area contributed by atoms with Crippen molar-refractivity contribution in [1.29, 1.82) is 0 Å². The zero-order valence-corrected chi connectivity index (χ0v) is 8.62. The smallest absolute Gasteiger partial charge is 0.292 e. The lowest BCUT2D eigenvalue weighted by atomic mass is 10.1. The molecule has 15 heavy (non-hydrogen) atoms. The van der Waals surface area contributed by atoms with Gasteiger partial charge in [0, 0.05) is 13.5 Å². The highest BCUT2D eigenvalue weighted by Crippen LogP contribution is 2.05. The number of carbonyl (C=O) groups excluding carboxylic acids is 1. The third kappa shape index (κ3) is 2.53. The van der Waals surface area contributed by atoms with E-state index in [1.807, 2.05) is 0 Å². The van der Waals surface area contributed by atoms with Crippen LogP contribution in [0.1, 0.15) is 22.9 Å². The second-order valence-electron chi connectivity index (χ2n) is 3.71. The number of hydrogen-bond donors (Lipinski definition) is 2. The summed E-state index contributed by atoms with van der Waals surface area (Å²) in [6.45, 7) is 4.32. The maximum absolute atomic E-state index is 11.5. The Bertz CT molecular complexity index is 344. The predicted molar refractivity (Wildman–Crippen MR) is 52.3 cm³/mol. The third-order valence-corrected chi connectivity index (χ3v) is 2.44. The van der Waals surface area contributed by atoms with Gasteiger partial charge in [-0.05, 0) is 25.4 Å². The molecular weight excluding hydrogens is 196 g/mol. The van der Waals surface area contributed by atoms with E-state index < -0.39 is 0 Å². The van der Waals surface area contributed by atoms with E-state index in [2.05, 4.69) is 20.8 Å². The molecule has 0 aromatic carbocycles. The number of nitrogens with zero attached hydrogens (tertiary/aromatic N) is 2. The molecule has 2 N–H and O–H groups in total. The number of carbonyl (C=O) groups is 1. The summed E-state index contributed by atoms with van der Waals surface area (Å²) in [6.07, 6.45) is 1.10. The zero-order valence-electron chi connectivity index (χ0n) is 8.62. The number of nitrogens with one attached hydrogen (secondary N) is 2. The van der Waals surface area contributed by atoms with E-state index in [0.29, 0.717) is 18.4 Å². The van der Waals surface area contributed by atoms with E-state index in [-0.39, 0.29) is 11.7 Å². The van der Waals surface area contributed by atoms with Crippen LogP contribution in [0.2, 0.25) is 0 Å². The van der Waals surface area contributed by atoms with Gasteiger partial charge in [0.1, 0.15) is 0 Å². The lowest BCUT2D eigenvalue weighted by Crippen LogP contribution is -2.30. The maximum atomic E-state index is 11.5. The highest BCUT2D eigenvalue weighted by atomic mass is 16.5. The summed E-state index contributed by atoms with van der Waals surface area (Å²) in [4.78, 5) is 15.3. The van der Waals surface area contributed by atoms with Crippen LogP contribution in [0.4, 0.5) is 0 Å². The average Bonchev–Trinajstić information content (AvgIpc) is 2.84. The molecule has 1 fully saturated rings. The van der Waals surface area contributed by atoms with Gasteiger partial charge in [0.25, 0.3) is 11.7 Å². The first-order valence-corrected chi connectivity index (χ1v) is 5.05. The van der Waals surface area contributed by atoms with E-state index >= 15 is 0 Å². The number of rotatable bonds is 3. The molecule has 1 atom stereocenters. The standard InChI is InChI=1S/C9H14N4O2/c1-6-12-8(13-15-6)9(14)11-5-7-2-3-10-4-7/h7,10H,2-5H2,1H3,(H,11,14). The fraction of sp³-hybridized carbons (Fsp3) is 0.667. The Kier molecular flexibility index (Phi) is 2.96. The fourth-order valence-electron chi connectivity index (χ4n) is 1.60. The molecule has 1 unspecified atom stereocenters. The van der Waals surface area contributed by atoms with Crippen LogP contribution < -0.4 is 10.6 Å². The Morgan fingerprint density at radius 2 is 2.60 bits per heavy atom. The molecule has 1 amide bonds. The quantitative estimate of drug-likeness (QED) is 0.717. The van der Waals surface area contributed by atoms with Crippen molar-refractivity contribution in [3.8, 4) is 0 Å². The molecule has 1 aliphatic rings. The van der Waals surface area contributed by atoms with Crippen molar-refractivity contribution >= 4 is 5.91 Å². The lowest BCUT2D eigenvalue weighted by molar-refractivity contribution is 0.0935. The Hall–Kier alpha value is -1.43. The molecule has 0 bridgehead atoms. The molecule has 6 nitrogen and oxygen atoms in total. The predicted octanol–water partition coefficient (Wildman–Crippen LogP) is -0.283. The number of hydrogen-bond acceptors (Lipinski definition) is 5. The molecule has 0 radical (unpaired) electrons. The van der Waals surface area contributed by atoms with Gasteiger partial charge in [0.2, 0.25) is 5.89 Å². The maximum Gasteiger partial charge on any atom is 0.292 e. The first kappa shape index (κ1) is 10.1. The molecule has 6 heteroatoms. The minimum Gasteiger partial charge on any atom is -0.349 e. The van der Waals surface area contributed by atoms with Crippen LogP contribution in [0.3, 0.4) is 0 Å². The second kappa shape index (κ2) is 4.39. The summed E-state index contributed by atoms with van der Waals surface area (Å²) in [5.74, 6) is 0.766. The Labute approximate surface area is 87.4 Å². The normalized spacial score (nSPS) is 20.5. The van der Waals surface area contributed by atoms with Crippen molar-refractivity contribution in [3.63, 3.8) is 0 Å². The second-order valence-corrected chi connectivity index (χ2v) is 3.71. The molecule has 2 heterocycles. The van der Waals surface area contributed by atoms with Gasteiger partial charge < -0.3 is 15.2 Å². The van der Waals surface area contributed by atoms with Gasteiger partial charge in [-0.25, -0.2) is 0 Å². The molecule has 2 rings (SSSR count). The minimum atomic E-state index is -0.265. The highest BCUT2D eigenvalue weighted by molar-refractivity contribution is 5.90. The summed E-state index contributed by atoms with van der Waals surface area (Å²) in [7, 11) is 0. The first-order chi connectivity index (χ1) is 7.25. The first-order valence-electron chi connectivity index (χ1n) is 5.05. The third-order valence-electron chi connectivity index (χ3n) is 2.44. The van der Waals surface area contributed by atoms with E-state index in [1.54, 1.807) is 6.92 Å². The van der Waals surface area contributed by atoms with Crippen LogP contribution >= 0.6 is 0 Å². The topological polar surface area (TPSA) is 80.0 Å². The molecule has 1 saturated heterocycles. The van der Waals surface area contributed by atoms with Crippen LogP contribution in [-0.4, -0.2) is 35.7 Å². The van der Waals surface area contributed by atoms with Crippen molar-refractivity contribution < 1.29 is 9.32 Å². The fourth-order valence-corrected chi connectivity index (χ4v) is 1.60.